The van der Waals surface area contributed by atoms with Crippen molar-refractivity contribution in [2.75, 3.05) is 0 Å². The minimum atomic E-state index is 0.168. The van der Waals surface area contributed by atoms with Crippen molar-refractivity contribution in [3.05, 3.63) is 21.9 Å². The highest BCUT2D eigenvalue weighted by molar-refractivity contribution is 7.12. The van der Waals surface area contributed by atoms with E-state index in [1.807, 2.05) is 0 Å². The van der Waals surface area contributed by atoms with Crippen LogP contribution < -0.4 is 5.32 Å². The van der Waals surface area contributed by atoms with Crippen LogP contribution in [0.2, 0.25) is 0 Å². The van der Waals surface area contributed by atoms with Crippen LogP contribution in [0.4, 0.5) is 0 Å². The third-order valence-corrected chi connectivity index (χ3v) is 2.94. The largest absolute Gasteiger partial charge is 0.348 e. The molecule has 1 aromatic heterocycles. The van der Waals surface area contributed by atoms with Gasteiger partial charge in [0.2, 0.25) is 5.91 Å². The van der Waals surface area contributed by atoms with Crippen LogP contribution in [0, 0.1) is 6.92 Å². The Morgan fingerprint density at radius 2 is 2.36 bits per heavy atom. The van der Waals surface area contributed by atoms with Crippen molar-refractivity contribution < 1.29 is 4.79 Å². The Morgan fingerprint density at radius 1 is 1.64 bits per heavy atom. The van der Waals surface area contributed by atoms with Gasteiger partial charge in [0.05, 0.1) is 12.5 Å². The monoisotopic (exact) mass is 167 g/mol. The summed E-state index contributed by atoms with van der Waals surface area (Å²) in [5.41, 5.74) is 0. The van der Waals surface area contributed by atoms with Crippen molar-refractivity contribution in [2.45, 2.75) is 19.4 Å². The highest BCUT2D eigenvalue weighted by atomic mass is 32.1. The third kappa shape index (κ3) is 1.16. The zero-order valence-electron chi connectivity index (χ0n) is 6.26. The second kappa shape index (κ2) is 2.34. The molecule has 1 fully saturated rings. The van der Waals surface area contributed by atoms with Gasteiger partial charge < -0.3 is 5.32 Å². The van der Waals surface area contributed by atoms with E-state index >= 15 is 0 Å². The molecule has 58 valence electrons. The van der Waals surface area contributed by atoms with E-state index in [1.165, 1.54) is 9.75 Å². The number of carbonyl (C=O) groups excluding carboxylic acids is 1. The summed E-state index contributed by atoms with van der Waals surface area (Å²) in [5, 5.41) is 2.84. The SMILES string of the molecule is Cc1ccc(C2CC(=O)N2)s1. The summed E-state index contributed by atoms with van der Waals surface area (Å²) in [4.78, 5) is 13.2. The number of thiophene rings is 1. The number of nitrogens with one attached hydrogen (secondary N) is 1. The fourth-order valence-corrected chi connectivity index (χ4v) is 2.10. The van der Waals surface area contributed by atoms with Gasteiger partial charge in [0.1, 0.15) is 0 Å². The second-order valence-electron chi connectivity index (χ2n) is 2.77. The molecule has 0 aromatic carbocycles. The van der Waals surface area contributed by atoms with Crippen molar-refractivity contribution in [1.29, 1.82) is 0 Å². The number of rotatable bonds is 1. The summed E-state index contributed by atoms with van der Waals surface area (Å²) < 4.78 is 0. The lowest BCUT2D eigenvalue weighted by Crippen LogP contribution is -2.40. The van der Waals surface area contributed by atoms with Crippen molar-refractivity contribution in [2.24, 2.45) is 0 Å². The summed E-state index contributed by atoms with van der Waals surface area (Å²) in [6, 6.07) is 4.48. The first-order valence-corrected chi connectivity index (χ1v) is 4.43. The smallest absolute Gasteiger partial charge is 0.222 e. The minimum Gasteiger partial charge on any atom is -0.348 e. The van der Waals surface area contributed by atoms with Crippen LogP contribution in [0.25, 0.3) is 0 Å². The molecule has 11 heavy (non-hydrogen) atoms. The van der Waals surface area contributed by atoms with Crippen LogP contribution in [0.5, 0.6) is 0 Å². The molecule has 3 heteroatoms. The molecule has 0 bridgehead atoms. The molecule has 2 nitrogen and oxygen atoms in total. The van der Waals surface area contributed by atoms with Gasteiger partial charge in [-0.25, -0.2) is 0 Å². The maximum absolute atomic E-state index is 10.6. The maximum atomic E-state index is 10.6. The number of β-lactam (4-membered cyclic amide) rings is 1. The van der Waals surface area contributed by atoms with E-state index in [4.69, 9.17) is 0 Å². The van der Waals surface area contributed by atoms with Crippen LogP contribution in [-0.2, 0) is 4.79 Å². The second-order valence-corrected chi connectivity index (χ2v) is 4.09. The fraction of sp³-hybridized carbons (Fsp3) is 0.375. The van der Waals surface area contributed by atoms with E-state index in [0.29, 0.717) is 12.5 Å². The van der Waals surface area contributed by atoms with E-state index in [1.54, 1.807) is 11.3 Å². The van der Waals surface area contributed by atoms with Crippen LogP contribution in [0.15, 0.2) is 12.1 Å². The van der Waals surface area contributed by atoms with E-state index in [9.17, 15) is 4.79 Å². The number of hydrogen-bond donors (Lipinski definition) is 1. The van der Waals surface area contributed by atoms with Crippen LogP contribution in [0.3, 0.4) is 0 Å². The van der Waals surface area contributed by atoms with Crippen LogP contribution in [0.1, 0.15) is 22.2 Å². The summed E-state index contributed by atoms with van der Waals surface area (Å²) in [5.74, 6) is 0.168. The van der Waals surface area contributed by atoms with E-state index in [0.717, 1.165) is 0 Å². The highest BCUT2D eigenvalue weighted by Gasteiger charge is 2.27. The lowest BCUT2D eigenvalue weighted by molar-refractivity contribution is -0.128. The molecule has 1 amide bonds. The summed E-state index contributed by atoms with van der Waals surface area (Å²) >= 11 is 1.76. The minimum absolute atomic E-state index is 0.168. The third-order valence-electron chi connectivity index (χ3n) is 1.83. The van der Waals surface area contributed by atoms with Gasteiger partial charge in [-0.15, -0.1) is 11.3 Å². The van der Waals surface area contributed by atoms with Crippen LogP contribution in [-0.4, -0.2) is 5.91 Å². The van der Waals surface area contributed by atoms with Crippen molar-refractivity contribution in [3.63, 3.8) is 0 Å². The Hall–Kier alpha value is -0.830. The summed E-state index contributed by atoms with van der Waals surface area (Å²) in [6.45, 7) is 2.08. The summed E-state index contributed by atoms with van der Waals surface area (Å²) in [7, 11) is 0. The van der Waals surface area contributed by atoms with Gasteiger partial charge >= 0.3 is 0 Å². The molecule has 0 radical (unpaired) electrons. The number of carbonyl (C=O) groups is 1. The average molecular weight is 167 g/mol. The molecule has 1 unspecified atom stereocenters. The van der Waals surface area contributed by atoms with Gasteiger partial charge in [0.15, 0.2) is 0 Å². The molecular weight excluding hydrogens is 158 g/mol. The van der Waals surface area contributed by atoms with Crippen LogP contribution >= 0.6 is 11.3 Å². The maximum Gasteiger partial charge on any atom is 0.222 e. The van der Waals surface area contributed by atoms with E-state index in [2.05, 4.69) is 24.4 Å². The standard InChI is InChI=1S/C8H9NOS/c1-5-2-3-7(11-5)6-4-8(10)9-6/h2-3,6H,4H2,1H3,(H,9,10). The molecule has 2 heterocycles. The van der Waals surface area contributed by atoms with E-state index in [-0.39, 0.29) is 5.91 Å². The predicted molar refractivity (Wildman–Crippen MR) is 44.6 cm³/mol. The zero-order chi connectivity index (χ0) is 7.84. The van der Waals surface area contributed by atoms with Gasteiger partial charge in [-0.05, 0) is 19.1 Å². The lowest BCUT2D eigenvalue weighted by atomic mass is 10.1. The zero-order valence-corrected chi connectivity index (χ0v) is 7.07. The first kappa shape index (κ1) is 6.85. The molecule has 1 aliphatic rings. The van der Waals surface area contributed by atoms with Crippen molar-refractivity contribution in [1.82, 2.24) is 5.32 Å². The molecule has 1 aromatic rings. The Morgan fingerprint density at radius 3 is 2.82 bits per heavy atom. The molecule has 1 saturated heterocycles. The van der Waals surface area contributed by atoms with Gasteiger partial charge in [0.25, 0.3) is 0 Å². The number of hydrogen-bond acceptors (Lipinski definition) is 2. The normalized spacial score (nSPS) is 22.6. The average Bonchev–Trinajstić information content (AvgIpc) is 2.29. The van der Waals surface area contributed by atoms with Gasteiger partial charge in [0, 0.05) is 9.75 Å². The Bertz CT molecular complexity index is 284. The molecular formula is C8H9NOS. The molecule has 2 rings (SSSR count). The quantitative estimate of drug-likeness (QED) is 0.633. The molecule has 1 atom stereocenters. The van der Waals surface area contributed by atoms with E-state index < -0.39 is 0 Å². The lowest BCUT2D eigenvalue weighted by Gasteiger charge is -2.25. The topological polar surface area (TPSA) is 29.1 Å². The van der Waals surface area contributed by atoms with Gasteiger partial charge in [-0.2, -0.15) is 0 Å². The van der Waals surface area contributed by atoms with Gasteiger partial charge in [-0.3, -0.25) is 4.79 Å². The Kier molecular flexibility index (Phi) is 1.46. The molecule has 1 aliphatic heterocycles. The Labute approximate surface area is 69.2 Å². The fourth-order valence-electron chi connectivity index (χ4n) is 1.17. The predicted octanol–water partition coefficient (Wildman–Crippen LogP) is 1.62. The number of aryl methyl sites for hydroxylation is 1. The van der Waals surface area contributed by atoms with Crippen molar-refractivity contribution >= 4 is 17.2 Å². The number of amides is 1. The molecule has 0 saturated carbocycles. The first-order valence-electron chi connectivity index (χ1n) is 3.61. The first-order chi connectivity index (χ1) is 5.25. The molecule has 0 spiro atoms. The van der Waals surface area contributed by atoms with Crippen molar-refractivity contribution in [3.8, 4) is 0 Å². The Balaban J connectivity index is 2.12. The van der Waals surface area contributed by atoms with Gasteiger partial charge in [-0.1, -0.05) is 0 Å². The molecule has 1 N–H and O–H groups in total. The summed E-state index contributed by atoms with van der Waals surface area (Å²) in [6.07, 6.45) is 0.667. The molecule has 0 aliphatic carbocycles. The highest BCUT2D eigenvalue weighted by Crippen LogP contribution is 2.29.